The number of nitrogens with one attached hydrogen (secondary N) is 2. The molecule has 0 aliphatic rings. The van der Waals surface area contributed by atoms with Crippen molar-refractivity contribution in [1.29, 1.82) is 0 Å². The Balaban J connectivity index is 3.35. The first-order chi connectivity index (χ1) is 16.8. The summed E-state index contributed by atoms with van der Waals surface area (Å²) in [5.41, 5.74) is 1.92. The number of carbonyl (C=O) groups is 4. The van der Waals surface area contributed by atoms with Gasteiger partial charge in [-0.15, -0.1) is 0 Å². The number of hydrogen-bond acceptors (Lipinski definition) is 6. The van der Waals surface area contributed by atoms with Gasteiger partial charge < -0.3 is 25.0 Å². The summed E-state index contributed by atoms with van der Waals surface area (Å²) in [5.74, 6) is -1.52. The Labute approximate surface area is 215 Å². The molecule has 1 aromatic carbocycles. The lowest BCUT2D eigenvalue weighted by Gasteiger charge is -2.34. The molecule has 0 saturated carbocycles. The van der Waals surface area contributed by atoms with Crippen LogP contribution in [-0.2, 0) is 23.9 Å². The molecular formula is C27H43N3O6. The van der Waals surface area contributed by atoms with Gasteiger partial charge in [0, 0.05) is 6.54 Å². The van der Waals surface area contributed by atoms with E-state index in [0.717, 1.165) is 30.4 Å². The second kappa shape index (κ2) is 14.5. The highest BCUT2D eigenvalue weighted by Crippen LogP contribution is 2.25. The quantitative estimate of drug-likeness (QED) is 0.328. The Bertz CT molecular complexity index is 909. The SMILES string of the molecule is CCCCCCN(C(=O)C(C)NC(=O)OC(C)(C)C)C(C(=O)NCC(=O)OC)c1ccc(C)c(C)c1. The molecule has 2 atom stereocenters. The molecule has 0 aliphatic carbocycles. The van der Waals surface area contributed by atoms with Crippen LogP contribution in [0.1, 0.15) is 83.0 Å². The number of alkyl carbamates (subject to hydrolysis) is 1. The largest absolute Gasteiger partial charge is 0.468 e. The number of carbonyl (C=O) groups excluding carboxylic acids is 4. The number of aryl methyl sites for hydroxylation is 2. The van der Waals surface area contributed by atoms with Gasteiger partial charge in [0.2, 0.25) is 11.8 Å². The molecule has 2 N–H and O–H groups in total. The van der Waals surface area contributed by atoms with E-state index in [1.54, 1.807) is 27.7 Å². The van der Waals surface area contributed by atoms with E-state index in [2.05, 4.69) is 22.3 Å². The molecule has 0 saturated heterocycles. The number of nitrogens with zero attached hydrogens (tertiary/aromatic N) is 1. The molecule has 0 radical (unpaired) electrons. The van der Waals surface area contributed by atoms with Gasteiger partial charge in [-0.2, -0.15) is 0 Å². The molecule has 202 valence electrons. The maximum Gasteiger partial charge on any atom is 0.408 e. The molecule has 1 rings (SSSR count). The smallest absolute Gasteiger partial charge is 0.408 e. The van der Waals surface area contributed by atoms with E-state index < -0.39 is 41.6 Å². The third-order valence-corrected chi connectivity index (χ3v) is 5.68. The van der Waals surface area contributed by atoms with Crippen LogP contribution in [0, 0.1) is 13.8 Å². The topological polar surface area (TPSA) is 114 Å². The van der Waals surface area contributed by atoms with E-state index in [9.17, 15) is 19.2 Å². The fourth-order valence-electron chi connectivity index (χ4n) is 3.61. The Morgan fingerprint density at radius 3 is 2.25 bits per heavy atom. The van der Waals surface area contributed by atoms with Crippen LogP contribution in [0.2, 0.25) is 0 Å². The number of hydrogen-bond donors (Lipinski definition) is 2. The number of benzene rings is 1. The zero-order chi connectivity index (χ0) is 27.5. The monoisotopic (exact) mass is 505 g/mol. The van der Waals surface area contributed by atoms with Crippen LogP contribution in [0.3, 0.4) is 0 Å². The predicted molar refractivity (Wildman–Crippen MR) is 138 cm³/mol. The number of methoxy groups -OCH3 is 1. The third kappa shape index (κ3) is 10.3. The number of ether oxygens (including phenoxy) is 2. The lowest BCUT2D eigenvalue weighted by molar-refractivity contribution is -0.144. The molecule has 9 heteroatoms. The van der Waals surface area contributed by atoms with Crippen molar-refractivity contribution >= 4 is 23.9 Å². The van der Waals surface area contributed by atoms with Crippen molar-refractivity contribution in [3.63, 3.8) is 0 Å². The molecule has 0 aliphatic heterocycles. The summed E-state index contributed by atoms with van der Waals surface area (Å²) in [5, 5.41) is 5.18. The maximum absolute atomic E-state index is 13.7. The van der Waals surface area contributed by atoms with Crippen LogP contribution in [0.5, 0.6) is 0 Å². The van der Waals surface area contributed by atoms with E-state index in [0.29, 0.717) is 18.5 Å². The number of rotatable bonds is 12. The molecule has 2 unspecified atom stereocenters. The highest BCUT2D eigenvalue weighted by molar-refractivity contribution is 5.93. The van der Waals surface area contributed by atoms with Crippen molar-refractivity contribution in [3.8, 4) is 0 Å². The minimum Gasteiger partial charge on any atom is -0.468 e. The van der Waals surface area contributed by atoms with Crippen LogP contribution in [0.15, 0.2) is 18.2 Å². The van der Waals surface area contributed by atoms with Crippen LogP contribution in [0.25, 0.3) is 0 Å². The Morgan fingerprint density at radius 1 is 1.03 bits per heavy atom. The molecule has 0 aromatic heterocycles. The second-order valence-corrected chi connectivity index (χ2v) is 10.0. The normalized spacial score (nSPS) is 12.8. The summed E-state index contributed by atoms with van der Waals surface area (Å²) in [7, 11) is 1.24. The van der Waals surface area contributed by atoms with Crippen LogP contribution in [0.4, 0.5) is 4.79 Å². The Morgan fingerprint density at radius 2 is 1.69 bits per heavy atom. The zero-order valence-electron chi connectivity index (χ0n) is 23.0. The van der Waals surface area contributed by atoms with Gasteiger partial charge in [-0.3, -0.25) is 14.4 Å². The predicted octanol–water partition coefficient (Wildman–Crippen LogP) is 3.96. The lowest BCUT2D eigenvalue weighted by Crippen LogP contribution is -2.52. The average Bonchev–Trinajstić information content (AvgIpc) is 2.79. The van der Waals surface area contributed by atoms with Gasteiger partial charge in [0.15, 0.2) is 0 Å². The van der Waals surface area contributed by atoms with Gasteiger partial charge in [0.25, 0.3) is 0 Å². The van der Waals surface area contributed by atoms with E-state index in [1.807, 2.05) is 32.0 Å². The molecule has 36 heavy (non-hydrogen) atoms. The van der Waals surface area contributed by atoms with Crippen LogP contribution in [-0.4, -0.2) is 60.6 Å². The van der Waals surface area contributed by atoms with Gasteiger partial charge in [0.05, 0.1) is 7.11 Å². The first kappa shape index (κ1) is 30.9. The minimum atomic E-state index is -0.994. The van der Waals surface area contributed by atoms with Crippen molar-refractivity contribution in [3.05, 3.63) is 34.9 Å². The Kier molecular flexibility index (Phi) is 12.4. The summed E-state index contributed by atoms with van der Waals surface area (Å²) < 4.78 is 9.95. The van der Waals surface area contributed by atoms with Crippen LogP contribution < -0.4 is 10.6 Å². The van der Waals surface area contributed by atoms with Crippen molar-refractivity contribution in [2.24, 2.45) is 0 Å². The second-order valence-electron chi connectivity index (χ2n) is 10.0. The standard InChI is InChI=1S/C27H43N3O6/c1-9-10-11-12-15-30(25(33)20(4)29-26(34)36-27(5,6)7)23(24(32)28-17-22(31)35-8)21-14-13-18(2)19(3)16-21/h13-14,16,20,23H,9-12,15,17H2,1-8H3,(H,28,32)(H,29,34). The summed E-state index contributed by atoms with van der Waals surface area (Å²) in [4.78, 5) is 52.6. The maximum atomic E-state index is 13.7. The van der Waals surface area contributed by atoms with Crippen LogP contribution >= 0.6 is 0 Å². The number of unbranched alkanes of at least 4 members (excludes halogenated alkanes) is 3. The first-order valence-corrected chi connectivity index (χ1v) is 12.5. The summed E-state index contributed by atoms with van der Waals surface area (Å²) in [6.07, 6.45) is 2.87. The van der Waals surface area contributed by atoms with Crippen molar-refractivity contribution in [2.75, 3.05) is 20.2 Å². The lowest BCUT2D eigenvalue weighted by atomic mass is 9.98. The first-order valence-electron chi connectivity index (χ1n) is 12.5. The Hall–Kier alpha value is -3.10. The zero-order valence-corrected chi connectivity index (χ0v) is 23.0. The van der Waals surface area contributed by atoms with Gasteiger partial charge in [-0.25, -0.2) is 4.79 Å². The molecule has 3 amide bonds. The van der Waals surface area contributed by atoms with Crippen molar-refractivity contribution < 1.29 is 28.7 Å². The van der Waals surface area contributed by atoms with E-state index in [-0.39, 0.29) is 6.54 Å². The summed E-state index contributed by atoms with van der Waals surface area (Å²) >= 11 is 0. The fraction of sp³-hybridized carbons (Fsp3) is 0.630. The highest BCUT2D eigenvalue weighted by atomic mass is 16.6. The summed E-state index contributed by atoms with van der Waals surface area (Å²) in [6.45, 7) is 12.8. The average molecular weight is 506 g/mol. The molecule has 0 heterocycles. The van der Waals surface area contributed by atoms with Crippen molar-refractivity contribution in [2.45, 2.75) is 91.8 Å². The number of esters is 1. The molecule has 9 nitrogen and oxygen atoms in total. The highest BCUT2D eigenvalue weighted by Gasteiger charge is 2.34. The fourth-order valence-corrected chi connectivity index (χ4v) is 3.61. The number of amides is 3. The molecule has 0 spiro atoms. The third-order valence-electron chi connectivity index (χ3n) is 5.68. The van der Waals surface area contributed by atoms with Gasteiger partial charge >= 0.3 is 12.1 Å². The summed E-state index contributed by atoms with van der Waals surface area (Å²) in [6, 6.07) is 3.64. The van der Waals surface area contributed by atoms with E-state index >= 15 is 0 Å². The minimum absolute atomic E-state index is 0.308. The molecule has 0 fully saturated rings. The molecule has 1 aromatic rings. The van der Waals surface area contributed by atoms with Crippen molar-refractivity contribution in [1.82, 2.24) is 15.5 Å². The van der Waals surface area contributed by atoms with Gasteiger partial charge in [-0.05, 0) is 64.7 Å². The molecular weight excluding hydrogens is 462 g/mol. The van der Waals surface area contributed by atoms with E-state index in [1.165, 1.54) is 12.0 Å². The van der Waals surface area contributed by atoms with Gasteiger partial charge in [0.1, 0.15) is 24.2 Å². The van der Waals surface area contributed by atoms with Gasteiger partial charge in [-0.1, -0.05) is 44.4 Å². The van der Waals surface area contributed by atoms with E-state index in [4.69, 9.17) is 4.74 Å². The molecule has 0 bridgehead atoms.